The lowest BCUT2D eigenvalue weighted by atomic mass is 10.1. The van der Waals surface area contributed by atoms with Crippen molar-refractivity contribution in [2.75, 3.05) is 36.5 Å². The van der Waals surface area contributed by atoms with Gasteiger partial charge in [-0.1, -0.05) is 11.6 Å². The molecule has 30 heavy (non-hydrogen) atoms. The minimum atomic E-state index is -4.52. The van der Waals surface area contributed by atoms with Crippen LogP contribution in [-0.4, -0.2) is 36.4 Å². The first-order valence-electron chi connectivity index (χ1n) is 9.36. The number of alkyl halides is 3. The van der Waals surface area contributed by atoms with Crippen molar-refractivity contribution in [2.24, 2.45) is 0 Å². The van der Waals surface area contributed by atoms with E-state index in [2.05, 4.69) is 10.3 Å². The van der Waals surface area contributed by atoms with Crippen LogP contribution in [0.1, 0.15) is 11.1 Å². The van der Waals surface area contributed by atoms with Gasteiger partial charge in [-0.15, -0.1) is 0 Å². The highest BCUT2D eigenvalue weighted by atomic mass is 35.5. The maximum absolute atomic E-state index is 13.8. The molecule has 2 aromatic carbocycles. The summed E-state index contributed by atoms with van der Waals surface area (Å²) >= 11 is 6.10. The minimum absolute atomic E-state index is 0.126. The van der Waals surface area contributed by atoms with Gasteiger partial charge in [-0.05, 0) is 36.4 Å². The molecule has 5 nitrogen and oxygen atoms in total. The van der Waals surface area contributed by atoms with Gasteiger partial charge in [0.2, 0.25) is 0 Å². The van der Waals surface area contributed by atoms with Crippen molar-refractivity contribution in [3.63, 3.8) is 0 Å². The number of morpholine rings is 1. The highest BCUT2D eigenvalue weighted by Gasteiger charge is 2.35. The Kier molecular flexibility index (Phi) is 5.73. The fraction of sp³-hybridized carbons (Fsp3) is 0.286. The SMILES string of the molecule is OCc1cnc2ccc(Cl)cc2c1Nc1ccc(N2CCOCC2)c(C(F)(F)F)c1. The molecule has 0 radical (unpaired) electrons. The first kappa shape index (κ1) is 20.7. The number of hydrogen-bond donors (Lipinski definition) is 2. The third-order valence-electron chi connectivity index (χ3n) is 5.00. The highest BCUT2D eigenvalue weighted by molar-refractivity contribution is 6.31. The first-order valence-corrected chi connectivity index (χ1v) is 9.73. The molecule has 158 valence electrons. The lowest BCUT2D eigenvalue weighted by Gasteiger charge is -2.31. The molecule has 0 aliphatic carbocycles. The Balaban J connectivity index is 1.78. The molecule has 3 aromatic rings. The van der Waals surface area contributed by atoms with Crippen LogP contribution in [0.4, 0.5) is 30.2 Å². The number of fused-ring (bicyclic) bond motifs is 1. The second-order valence-corrected chi connectivity index (χ2v) is 7.37. The molecule has 1 aliphatic rings. The number of hydrogen-bond acceptors (Lipinski definition) is 5. The van der Waals surface area contributed by atoms with Crippen LogP contribution >= 0.6 is 11.6 Å². The number of aliphatic hydroxyl groups excluding tert-OH is 1. The van der Waals surface area contributed by atoms with Gasteiger partial charge in [-0.25, -0.2) is 0 Å². The van der Waals surface area contributed by atoms with Gasteiger partial charge < -0.3 is 20.1 Å². The molecule has 1 fully saturated rings. The van der Waals surface area contributed by atoms with Crippen LogP contribution < -0.4 is 10.2 Å². The zero-order chi connectivity index (χ0) is 21.3. The summed E-state index contributed by atoms with van der Waals surface area (Å²) in [6, 6.07) is 9.20. The Morgan fingerprint density at radius 1 is 1.13 bits per heavy atom. The largest absolute Gasteiger partial charge is 0.418 e. The summed E-state index contributed by atoms with van der Waals surface area (Å²) in [7, 11) is 0. The Morgan fingerprint density at radius 3 is 2.60 bits per heavy atom. The highest BCUT2D eigenvalue weighted by Crippen LogP contribution is 2.40. The van der Waals surface area contributed by atoms with Gasteiger partial charge in [0.25, 0.3) is 0 Å². The Morgan fingerprint density at radius 2 is 1.90 bits per heavy atom. The van der Waals surface area contributed by atoms with Gasteiger partial charge in [-0.3, -0.25) is 4.98 Å². The van der Waals surface area contributed by atoms with Gasteiger partial charge >= 0.3 is 6.18 Å². The zero-order valence-corrected chi connectivity index (χ0v) is 16.6. The van der Waals surface area contributed by atoms with Crippen molar-refractivity contribution in [3.8, 4) is 0 Å². The van der Waals surface area contributed by atoms with Crippen LogP contribution in [0.2, 0.25) is 5.02 Å². The maximum Gasteiger partial charge on any atom is 0.418 e. The van der Waals surface area contributed by atoms with Crippen molar-refractivity contribution >= 4 is 39.6 Å². The molecule has 0 saturated carbocycles. The average molecular weight is 438 g/mol. The fourth-order valence-electron chi connectivity index (χ4n) is 3.54. The summed E-state index contributed by atoms with van der Waals surface area (Å²) in [5.74, 6) is 0. The summed E-state index contributed by atoms with van der Waals surface area (Å²) in [4.78, 5) is 5.95. The van der Waals surface area contributed by atoms with Gasteiger partial charge in [-0.2, -0.15) is 13.2 Å². The summed E-state index contributed by atoms with van der Waals surface area (Å²) in [5, 5.41) is 13.8. The number of benzene rings is 2. The second kappa shape index (κ2) is 8.29. The van der Waals surface area contributed by atoms with Crippen LogP contribution in [0.5, 0.6) is 0 Å². The summed E-state index contributed by atoms with van der Waals surface area (Å²) in [6.07, 6.45) is -3.03. The number of rotatable bonds is 4. The van der Waals surface area contributed by atoms with Crippen LogP contribution in [-0.2, 0) is 17.5 Å². The molecule has 1 aromatic heterocycles. The lowest BCUT2D eigenvalue weighted by Crippen LogP contribution is -2.37. The molecule has 0 unspecified atom stereocenters. The molecule has 1 aliphatic heterocycles. The van der Waals surface area contributed by atoms with E-state index in [0.29, 0.717) is 53.5 Å². The van der Waals surface area contributed by atoms with E-state index in [1.54, 1.807) is 29.2 Å². The second-order valence-electron chi connectivity index (χ2n) is 6.93. The number of anilines is 3. The van der Waals surface area contributed by atoms with Crippen LogP contribution in [0.15, 0.2) is 42.6 Å². The number of aliphatic hydroxyl groups is 1. The molecular weight excluding hydrogens is 419 g/mol. The van der Waals surface area contributed by atoms with Crippen molar-refractivity contribution in [1.29, 1.82) is 0 Å². The quantitative estimate of drug-likeness (QED) is 0.603. The molecule has 0 amide bonds. The number of ether oxygens (including phenoxy) is 1. The third-order valence-corrected chi connectivity index (χ3v) is 5.24. The van der Waals surface area contributed by atoms with E-state index < -0.39 is 11.7 Å². The number of nitrogens with zero attached hydrogens (tertiary/aromatic N) is 2. The van der Waals surface area contributed by atoms with Gasteiger partial charge in [0.15, 0.2) is 0 Å². The van der Waals surface area contributed by atoms with Crippen LogP contribution in [0.3, 0.4) is 0 Å². The molecule has 0 atom stereocenters. The Labute approximate surface area is 176 Å². The molecular formula is C21H19ClF3N3O2. The lowest BCUT2D eigenvalue weighted by molar-refractivity contribution is -0.137. The van der Waals surface area contributed by atoms with E-state index in [-0.39, 0.29) is 18.0 Å². The monoisotopic (exact) mass is 437 g/mol. The van der Waals surface area contributed by atoms with E-state index in [9.17, 15) is 18.3 Å². The number of halogens is 4. The number of nitrogens with one attached hydrogen (secondary N) is 1. The van der Waals surface area contributed by atoms with E-state index >= 15 is 0 Å². The van der Waals surface area contributed by atoms with E-state index in [0.717, 1.165) is 6.07 Å². The normalized spacial score (nSPS) is 14.9. The van der Waals surface area contributed by atoms with Crippen molar-refractivity contribution in [2.45, 2.75) is 12.8 Å². The molecule has 0 bridgehead atoms. The molecule has 9 heteroatoms. The van der Waals surface area contributed by atoms with Gasteiger partial charge in [0.05, 0.1) is 36.6 Å². The van der Waals surface area contributed by atoms with E-state index in [4.69, 9.17) is 16.3 Å². The van der Waals surface area contributed by atoms with E-state index in [1.807, 2.05) is 0 Å². The predicted octanol–water partition coefficient (Wildman–Crippen LogP) is 4.98. The maximum atomic E-state index is 13.8. The Bertz CT molecular complexity index is 1070. The summed E-state index contributed by atoms with van der Waals surface area (Å²) in [5.41, 5.74) is 1.19. The van der Waals surface area contributed by atoms with Crippen molar-refractivity contribution < 1.29 is 23.0 Å². The fourth-order valence-corrected chi connectivity index (χ4v) is 3.71. The molecule has 2 heterocycles. The zero-order valence-electron chi connectivity index (χ0n) is 15.8. The molecule has 1 saturated heterocycles. The topological polar surface area (TPSA) is 57.6 Å². The van der Waals surface area contributed by atoms with Crippen LogP contribution in [0.25, 0.3) is 10.9 Å². The average Bonchev–Trinajstić information content (AvgIpc) is 2.74. The van der Waals surface area contributed by atoms with Gasteiger partial charge in [0, 0.05) is 46.6 Å². The molecule has 2 N–H and O–H groups in total. The Hall–Kier alpha value is -2.55. The predicted molar refractivity (Wildman–Crippen MR) is 110 cm³/mol. The molecule has 4 rings (SSSR count). The third kappa shape index (κ3) is 4.16. The van der Waals surface area contributed by atoms with E-state index in [1.165, 1.54) is 12.3 Å². The summed E-state index contributed by atoms with van der Waals surface area (Å²) in [6.45, 7) is 1.26. The minimum Gasteiger partial charge on any atom is -0.392 e. The van der Waals surface area contributed by atoms with Gasteiger partial charge in [0.1, 0.15) is 0 Å². The number of aromatic nitrogens is 1. The molecule has 0 spiro atoms. The number of pyridine rings is 1. The first-order chi connectivity index (χ1) is 14.4. The smallest absolute Gasteiger partial charge is 0.392 e. The van der Waals surface area contributed by atoms with Crippen LogP contribution in [0, 0.1) is 0 Å². The van der Waals surface area contributed by atoms with Crippen molar-refractivity contribution in [3.05, 3.63) is 58.7 Å². The summed E-state index contributed by atoms with van der Waals surface area (Å²) < 4.78 is 46.7. The van der Waals surface area contributed by atoms with Crippen molar-refractivity contribution in [1.82, 2.24) is 4.98 Å². The standard InChI is InChI=1S/C21H19ClF3N3O2/c22-14-1-3-18-16(9-14)20(13(12-29)11-26-18)27-15-2-4-19(17(10-15)21(23,24)25)28-5-7-30-8-6-28/h1-4,9-11,29H,5-8,12H2,(H,26,27).